The second-order valence-electron chi connectivity index (χ2n) is 5.16. The van der Waals surface area contributed by atoms with Crippen LogP contribution in [0.2, 0.25) is 0 Å². The van der Waals surface area contributed by atoms with Gasteiger partial charge in [0.2, 0.25) is 0 Å². The average molecular weight is 291 g/mol. The molecule has 0 saturated heterocycles. The highest BCUT2D eigenvalue weighted by Gasteiger charge is 2.33. The first-order valence-corrected chi connectivity index (χ1v) is 6.67. The van der Waals surface area contributed by atoms with Crippen LogP contribution in [-0.4, -0.2) is 30.1 Å². The number of guanidine groups is 1. The lowest BCUT2D eigenvalue weighted by Gasteiger charge is -2.32. The predicted octanol–water partition coefficient (Wildman–Crippen LogP) is 1.82. The number of nitrogens with zero attached hydrogens (tertiary/aromatic N) is 1. The molecule has 0 bridgehead atoms. The van der Waals surface area contributed by atoms with Gasteiger partial charge in [-0.05, 0) is 35.7 Å². The molecular weight excluding hydrogens is 273 g/mol. The summed E-state index contributed by atoms with van der Waals surface area (Å²) in [7, 11) is 1.61. The second kappa shape index (κ2) is 5.95. The molecule has 0 saturated carbocycles. The van der Waals surface area contributed by atoms with Crippen LogP contribution in [0, 0.1) is 11.7 Å². The van der Waals surface area contributed by atoms with E-state index in [9.17, 15) is 14.3 Å². The van der Waals surface area contributed by atoms with Crippen LogP contribution in [0.15, 0.2) is 34.8 Å². The zero-order valence-electron chi connectivity index (χ0n) is 12.1. The molecule has 0 radical (unpaired) electrons. The molecule has 1 aliphatic heterocycles. The van der Waals surface area contributed by atoms with Gasteiger partial charge in [0.25, 0.3) is 0 Å². The van der Waals surface area contributed by atoms with Gasteiger partial charge in [0.05, 0.1) is 17.3 Å². The Morgan fingerprint density at radius 2 is 1.95 bits per heavy atom. The molecule has 0 fully saturated rings. The third kappa shape index (κ3) is 3.04. The van der Waals surface area contributed by atoms with Crippen LogP contribution in [0.3, 0.4) is 0 Å². The molecule has 1 unspecified atom stereocenters. The number of aliphatic imine (C=N–C) groups is 1. The molecule has 0 spiro atoms. The van der Waals surface area contributed by atoms with Gasteiger partial charge in [-0.3, -0.25) is 4.99 Å². The minimum Gasteiger partial charge on any atom is -0.478 e. The summed E-state index contributed by atoms with van der Waals surface area (Å²) in [4.78, 5) is 15.7. The SMILES string of the molecule is CN=C1NC(c2ccc(F)cc2)=C(C(=O)O)C(C(C)C)N1. The van der Waals surface area contributed by atoms with Crippen LogP contribution < -0.4 is 10.6 Å². The fourth-order valence-corrected chi connectivity index (χ4v) is 2.30. The lowest BCUT2D eigenvalue weighted by atomic mass is 9.90. The maximum atomic E-state index is 13.1. The van der Waals surface area contributed by atoms with Crippen LogP contribution in [0.1, 0.15) is 19.4 Å². The van der Waals surface area contributed by atoms with Gasteiger partial charge in [-0.1, -0.05) is 13.8 Å². The molecule has 3 N–H and O–H groups in total. The Hall–Kier alpha value is -2.37. The molecule has 6 heteroatoms. The number of hydrogen-bond acceptors (Lipinski definition) is 2. The summed E-state index contributed by atoms with van der Waals surface area (Å²) in [5.41, 5.74) is 1.28. The van der Waals surface area contributed by atoms with E-state index in [-0.39, 0.29) is 23.4 Å². The van der Waals surface area contributed by atoms with Gasteiger partial charge in [0.15, 0.2) is 5.96 Å². The van der Waals surface area contributed by atoms with E-state index in [1.807, 2.05) is 13.8 Å². The van der Waals surface area contributed by atoms with E-state index >= 15 is 0 Å². The molecule has 1 aliphatic rings. The van der Waals surface area contributed by atoms with Crippen molar-refractivity contribution in [3.05, 3.63) is 41.2 Å². The van der Waals surface area contributed by atoms with E-state index in [1.54, 1.807) is 19.2 Å². The van der Waals surface area contributed by atoms with E-state index < -0.39 is 5.97 Å². The Balaban J connectivity index is 2.60. The molecule has 1 heterocycles. The molecule has 0 aliphatic carbocycles. The predicted molar refractivity (Wildman–Crippen MR) is 79.2 cm³/mol. The number of carboxylic acids is 1. The summed E-state index contributed by atoms with van der Waals surface area (Å²) in [5.74, 6) is -0.818. The minimum absolute atomic E-state index is 0.0606. The molecule has 1 aromatic carbocycles. The third-order valence-electron chi connectivity index (χ3n) is 3.37. The summed E-state index contributed by atoms with van der Waals surface area (Å²) in [6.07, 6.45) is 0. The zero-order chi connectivity index (χ0) is 15.6. The summed E-state index contributed by atoms with van der Waals surface area (Å²) in [5, 5.41) is 15.6. The number of aliphatic carboxylic acids is 1. The zero-order valence-corrected chi connectivity index (χ0v) is 12.1. The first-order chi connectivity index (χ1) is 9.93. The van der Waals surface area contributed by atoms with Crippen molar-refractivity contribution < 1.29 is 14.3 Å². The maximum absolute atomic E-state index is 13.1. The topological polar surface area (TPSA) is 73.7 Å². The normalized spacial score (nSPS) is 20.4. The van der Waals surface area contributed by atoms with Gasteiger partial charge < -0.3 is 15.7 Å². The summed E-state index contributed by atoms with van der Waals surface area (Å²) in [6, 6.07) is 5.34. The summed E-state index contributed by atoms with van der Waals surface area (Å²) >= 11 is 0. The van der Waals surface area contributed by atoms with E-state index in [4.69, 9.17) is 0 Å². The van der Waals surface area contributed by atoms with Crippen LogP contribution in [0.25, 0.3) is 5.70 Å². The standard InChI is InChI=1S/C15H18FN3O2/c1-8(2)12-11(14(20)21)13(19-15(17-3)18-12)9-4-6-10(16)7-5-9/h4-8,12H,1-3H3,(H,20,21)(H2,17,18,19). The Kier molecular flexibility index (Phi) is 4.26. The van der Waals surface area contributed by atoms with Crippen molar-refractivity contribution in [2.45, 2.75) is 19.9 Å². The first kappa shape index (κ1) is 15.0. The van der Waals surface area contributed by atoms with E-state index in [0.29, 0.717) is 17.2 Å². The van der Waals surface area contributed by atoms with Gasteiger partial charge in [0.1, 0.15) is 5.82 Å². The number of hydrogen-bond donors (Lipinski definition) is 3. The molecule has 21 heavy (non-hydrogen) atoms. The Morgan fingerprint density at radius 1 is 1.33 bits per heavy atom. The fraction of sp³-hybridized carbons (Fsp3) is 0.333. The van der Waals surface area contributed by atoms with Crippen molar-refractivity contribution in [1.29, 1.82) is 0 Å². The summed E-state index contributed by atoms with van der Waals surface area (Å²) < 4.78 is 13.1. The Labute approximate surface area is 122 Å². The van der Waals surface area contributed by atoms with E-state index in [0.717, 1.165) is 0 Å². The fourth-order valence-electron chi connectivity index (χ4n) is 2.30. The lowest BCUT2D eigenvalue weighted by Crippen LogP contribution is -2.52. The van der Waals surface area contributed by atoms with Crippen molar-refractivity contribution in [3.63, 3.8) is 0 Å². The lowest BCUT2D eigenvalue weighted by molar-refractivity contribution is -0.133. The molecule has 5 nitrogen and oxygen atoms in total. The Bertz CT molecular complexity index is 606. The van der Waals surface area contributed by atoms with Gasteiger partial charge in [-0.25, -0.2) is 9.18 Å². The highest BCUT2D eigenvalue weighted by atomic mass is 19.1. The van der Waals surface area contributed by atoms with Gasteiger partial charge >= 0.3 is 5.97 Å². The van der Waals surface area contributed by atoms with E-state index in [1.165, 1.54) is 12.1 Å². The molecule has 1 aromatic rings. The van der Waals surface area contributed by atoms with Crippen LogP contribution in [0.4, 0.5) is 4.39 Å². The van der Waals surface area contributed by atoms with Crippen LogP contribution >= 0.6 is 0 Å². The molecule has 112 valence electrons. The van der Waals surface area contributed by atoms with Crippen LogP contribution in [-0.2, 0) is 4.79 Å². The van der Waals surface area contributed by atoms with Crippen molar-refractivity contribution in [3.8, 4) is 0 Å². The molecule has 0 aromatic heterocycles. The van der Waals surface area contributed by atoms with Gasteiger partial charge in [-0.2, -0.15) is 0 Å². The number of halogens is 1. The van der Waals surface area contributed by atoms with E-state index in [2.05, 4.69) is 15.6 Å². The largest absolute Gasteiger partial charge is 0.478 e. The molecular formula is C15H18FN3O2. The minimum atomic E-state index is -1.01. The van der Waals surface area contributed by atoms with Crippen molar-refractivity contribution in [2.24, 2.45) is 10.9 Å². The average Bonchev–Trinajstić information content (AvgIpc) is 2.46. The molecule has 2 rings (SSSR count). The highest BCUT2D eigenvalue weighted by molar-refractivity contribution is 6.04. The third-order valence-corrected chi connectivity index (χ3v) is 3.37. The number of carboxylic acid groups (broad SMARTS) is 1. The highest BCUT2D eigenvalue weighted by Crippen LogP contribution is 2.25. The van der Waals surface area contributed by atoms with Crippen molar-refractivity contribution >= 4 is 17.6 Å². The smallest absolute Gasteiger partial charge is 0.335 e. The first-order valence-electron chi connectivity index (χ1n) is 6.67. The van der Waals surface area contributed by atoms with Gasteiger partial charge in [-0.15, -0.1) is 0 Å². The molecule has 0 amide bonds. The number of benzene rings is 1. The maximum Gasteiger partial charge on any atom is 0.335 e. The number of rotatable bonds is 3. The number of carbonyl (C=O) groups is 1. The molecule has 1 atom stereocenters. The second-order valence-corrected chi connectivity index (χ2v) is 5.16. The quantitative estimate of drug-likeness (QED) is 0.794. The van der Waals surface area contributed by atoms with Crippen LogP contribution in [0.5, 0.6) is 0 Å². The summed E-state index contributed by atoms with van der Waals surface area (Å²) in [6.45, 7) is 3.86. The monoisotopic (exact) mass is 291 g/mol. The number of nitrogens with one attached hydrogen (secondary N) is 2. The van der Waals surface area contributed by atoms with Gasteiger partial charge in [0, 0.05) is 7.05 Å². The van der Waals surface area contributed by atoms with Crippen molar-refractivity contribution in [1.82, 2.24) is 10.6 Å². The Morgan fingerprint density at radius 3 is 2.43 bits per heavy atom. The van der Waals surface area contributed by atoms with Crippen molar-refractivity contribution in [2.75, 3.05) is 7.05 Å².